The van der Waals surface area contributed by atoms with Crippen LogP contribution in [0.25, 0.3) is 0 Å². The average molecular weight is 665 g/mol. The molecule has 1 rings (SSSR count). The summed E-state index contributed by atoms with van der Waals surface area (Å²) < 4.78 is 33.5. The van der Waals surface area contributed by atoms with Gasteiger partial charge >= 0.3 is 23.9 Å². The Kier molecular flexibility index (Phi) is 22.4. The van der Waals surface area contributed by atoms with Crippen LogP contribution in [0.4, 0.5) is 0 Å². The van der Waals surface area contributed by atoms with E-state index in [1.165, 1.54) is 12.8 Å². The topological polar surface area (TPSA) is 205 Å². The molecule has 46 heavy (non-hydrogen) atoms. The SMILES string of the molecule is CCCC(=O)O[C@@H]1[C@H](OC[C@H](O)[C@H](O)CO)O[C@H](COC(C)=O)[C@@H](OC(C)=O)[C@@H]1OC(=O)CCCCCCCCCCCCCO. The van der Waals surface area contributed by atoms with E-state index in [0.29, 0.717) is 12.8 Å². The van der Waals surface area contributed by atoms with Gasteiger partial charge in [-0.15, -0.1) is 0 Å². The summed E-state index contributed by atoms with van der Waals surface area (Å²) in [5.74, 6) is -2.73. The molecule has 14 heteroatoms. The van der Waals surface area contributed by atoms with Gasteiger partial charge in [0, 0.05) is 33.3 Å². The van der Waals surface area contributed by atoms with E-state index in [-0.39, 0.29) is 19.4 Å². The van der Waals surface area contributed by atoms with E-state index in [2.05, 4.69) is 0 Å². The van der Waals surface area contributed by atoms with Crippen molar-refractivity contribution in [2.24, 2.45) is 0 Å². The minimum Gasteiger partial charge on any atom is -0.463 e. The molecule has 0 aliphatic carbocycles. The maximum absolute atomic E-state index is 13.1. The summed E-state index contributed by atoms with van der Waals surface area (Å²) in [5.41, 5.74) is 0. The molecule has 1 saturated heterocycles. The van der Waals surface area contributed by atoms with E-state index in [9.17, 15) is 29.4 Å². The van der Waals surface area contributed by atoms with Crippen LogP contribution in [-0.2, 0) is 47.6 Å². The highest BCUT2D eigenvalue weighted by Crippen LogP contribution is 2.31. The van der Waals surface area contributed by atoms with Gasteiger partial charge in [0.25, 0.3) is 0 Å². The molecule has 0 spiro atoms. The van der Waals surface area contributed by atoms with Crippen LogP contribution in [0.3, 0.4) is 0 Å². The minimum absolute atomic E-state index is 0.00849. The van der Waals surface area contributed by atoms with Crippen LogP contribution in [0.5, 0.6) is 0 Å². The Bertz CT molecular complexity index is 868. The second kappa shape index (κ2) is 24.8. The standard InChI is InChI=1S/C32H56O14/c1-4-16-27(39)46-31-30(45-28(40)17-14-12-10-8-6-5-7-9-11-13-15-18-33)29(43-23(3)36)26(21-41-22(2)35)44-32(31)42-20-25(38)24(37)19-34/h24-26,29-34,37-38H,4-21H2,1-3H3/t24-,25+,26-,29-,30+,31+,32-/m1/s1. The average Bonchev–Trinajstić information content (AvgIpc) is 3.01. The van der Waals surface area contributed by atoms with Crippen LogP contribution < -0.4 is 0 Å². The number of ether oxygens (including phenoxy) is 6. The van der Waals surface area contributed by atoms with E-state index in [1.54, 1.807) is 6.92 Å². The highest BCUT2D eigenvalue weighted by molar-refractivity contribution is 5.71. The molecule has 7 atom stereocenters. The molecule has 4 N–H and O–H groups in total. The predicted molar refractivity (Wildman–Crippen MR) is 163 cm³/mol. The zero-order valence-corrected chi connectivity index (χ0v) is 27.6. The number of hydrogen-bond donors (Lipinski definition) is 4. The summed E-state index contributed by atoms with van der Waals surface area (Å²) in [5, 5.41) is 37.9. The predicted octanol–water partition coefficient (Wildman–Crippen LogP) is 2.23. The van der Waals surface area contributed by atoms with Gasteiger partial charge in [-0.3, -0.25) is 19.2 Å². The molecule has 0 aromatic rings. The Morgan fingerprint density at radius 2 is 1.22 bits per heavy atom. The Balaban J connectivity index is 2.97. The lowest BCUT2D eigenvalue weighted by molar-refractivity contribution is -0.312. The van der Waals surface area contributed by atoms with Crippen LogP contribution >= 0.6 is 0 Å². The van der Waals surface area contributed by atoms with Crippen molar-refractivity contribution in [1.29, 1.82) is 0 Å². The van der Waals surface area contributed by atoms with Gasteiger partial charge in [0.1, 0.15) is 24.9 Å². The monoisotopic (exact) mass is 664 g/mol. The van der Waals surface area contributed by atoms with Crippen molar-refractivity contribution in [3.63, 3.8) is 0 Å². The highest BCUT2D eigenvalue weighted by atomic mass is 16.7. The van der Waals surface area contributed by atoms with E-state index >= 15 is 0 Å². The highest BCUT2D eigenvalue weighted by Gasteiger charge is 2.53. The zero-order valence-electron chi connectivity index (χ0n) is 27.6. The third-order valence-corrected chi connectivity index (χ3v) is 7.43. The van der Waals surface area contributed by atoms with Crippen molar-refractivity contribution >= 4 is 23.9 Å². The zero-order chi connectivity index (χ0) is 34.3. The van der Waals surface area contributed by atoms with Crippen LogP contribution in [0.15, 0.2) is 0 Å². The molecule has 0 aromatic heterocycles. The summed E-state index contributed by atoms with van der Waals surface area (Å²) in [6.45, 7) is 2.55. The molecule has 1 heterocycles. The summed E-state index contributed by atoms with van der Waals surface area (Å²) in [6.07, 6.45) is 1.45. The molecule has 1 aliphatic rings. The molecule has 268 valence electrons. The van der Waals surface area contributed by atoms with Gasteiger partial charge in [0.05, 0.1) is 13.2 Å². The molecular formula is C32H56O14. The molecule has 0 bridgehead atoms. The number of carbonyl (C=O) groups is 4. The molecule has 0 radical (unpaired) electrons. The third-order valence-electron chi connectivity index (χ3n) is 7.43. The Morgan fingerprint density at radius 1 is 0.674 bits per heavy atom. The number of esters is 4. The number of hydrogen-bond acceptors (Lipinski definition) is 14. The van der Waals surface area contributed by atoms with E-state index in [1.807, 2.05) is 0 Å². The first-order valence-electron chi connectivity index (χ1n) is 16.6. The van der Waals surface area contributed by atoms with Crippen LogP contribution in [-0.4, -0.2) is 114 Å². The normalized spacial score (nSPS) is 22.5. The summed E-state index contributed by atoms with van der Waals surface area (Å²) >= 11 is 0. The molecular weight excluding hydrogens is 608 g/mol. The number of rotatable bonds is 25. The molecule has 1 aliphatic heterocycles. The second-order valence-corrected chi connectivity index (χ2v) is 11.6. The van der Waals surface area contributed by atoms with Gasteiger partial charge in [-0.25, -0.2) is 0 Å². The lowest BCUT2D eigenvalue weighted by atomic mass is 9.98. The molecule has 1 fully saturated rings. The Labute approximate surface area is 272 Å². The van der Waals surface area contributed by atoms with Crippen LogP contribution in [0.1, 0.15) is 111 Å². The number of aliphatic hydroxyl groups is 4. The van der Waals surface area contributed by atoms with E-state index < -0.39 is 86.6 Å². The summed E-state index contributed by atoms with van der Waals surface area (Å²) in [4.78, 5) is 49.4. The van der Waals surface area contributed by atoms with Gasteiger partial charge in [-0.05, 0) is 19.3 Å². The quantitative estimate of drug-likeness (QED) is 0.0628. The Morgan fingerprint density at radius 3 is 1.74 bits per heavy atom. The van der Waals surface area contributed by atoms with Crippen LogP contribution in [0, 0.1) is 0 Å². The van der Waals surface area contributed by atoms with Crippen molar-refractivity contribution in [1.82, 2.24) is 0 Å². The third kappa shape index (κ3) is 17.5. The molecule has 0 aromatic carbocycles. The fraction of sp³-hybridized carbons (Fsp3) is 0.875. The Hall–Kier alpha value is -2.36. The first kappa shape index (κ1) is 41.7. The van der Waals surface area contributed by atoms with Crippen molar-refractivity contribution in [2.45, 2.75) is 154 Å². The lowest BCUT2D eigenvalue weighted by Crippen LogP contribution is -2.63. The molecule has 0 amide bonds. The van der Waals surface area contributed by atoms with Crippen LogP contribution in [0.2, 0.25) is 0 Å². The first-order valence-corrected chi connectivity index (χ1v) is 16.6. The second-order valence-electron chi connectivity index (χ2n) is 11.6. The smallest absolute Gasteiger partial charge is 0.306 e. The van der Waals surface area contributed by atoms with Gasteiger partial charge in [-0.1, -0.05) is 64.7 Å². The largest absolute Gasteiger partial charge is 0.463 e. The maximum Gasteiger partial charge on any atom is 0.306 e. The summed E-state index contributed by atoms with van der Waals surface area (Å²) in [6, 6.07) is 0. The first-order chi connectivity index (χ1) is 22.0. The van der Waals surface area contributed by atoms with Gasteiger partial charge in [0.2, 0.25) is 0 Å². The van der Waals surface area contributed by atoms with Crippen molar-refractivity contribution < 1.29 is 68.0 Å². The van der Waals surface area contributed by atoms with E-state index in [0.717, 1.165) is 65.2 Å². The number of unbranched alkanes of at least 4 members (excludes halogenated alkanes) is 10. The number of carbonyl (C=O) groups excluding carboxylic acids is 4. The van der Waals surface area contributed by atoms with Crippen molar-refractivity contribution in [2.75, 3.05) is 26.4 Å². The van der Waals surface area contributed by atoms with Gasteiger partial charge in [0.15, 0.2) is 24.6 Å². The van der Waals surface area contributed by atoms with Gasteiger partial charge < -0.3 is 48.8 Å². The van der Waals surface area contributed by atoms with Gasteiger partial charge in [-0.2, -0.15) is 0 Å². The maximum atomic E-state index is 13.1. The van der Waals surface area contributed by atoms with Crippen molar-refractivity contribution in [3.05, 3.63) is 0 Å². The van der Waals surface area contributed by atoms with Crippen molar-refractivity contribution in [3.8, 4) is 0 Å². The minimum atomic E-state index is -1.54. The molecule has 14 nitrogen and oxygen atoms in total. The fourth-order valence-electron chi connectivity index (χ4n) is 4.96. The summed E-state index contributed by atoms with van der Waals surface area (Å²) in [7, 11) is 0. The van der Waals surface area contributed by atoms with E-state index in [4.69, 9.17) is 38.6 Å². The fourth-order valence-corrected chi connectivity index (χ4v) is 4.96. The molecule has 0 unspecified atom stereocenters. The lowest BCUT2D eigenvalue weighted by Gasteiger charge is -2.44. The number of aliphatic hydroxyl groups excluding tert-OH is 4. The molecule has 0 saturated carbocycles.